The fourth-order valence-electron chi connectivity index (χ4n) is 1.90. The summed E-state index contributed by atoms with van der Waals surface area (Å²) in [4.78, 5) is 14.8. The molecule has 1 heterocycles. The van der Waals surface area contributed by atoms with Crippen molar-refractivity contribution in [1.82, 2.24) is 4.98 Å². The zero-order chi connectivity index (χ0) is 14.7. The lowest BCUT2D eigenvalue weighted by atomic mass is 10.0. The van der Waals surface area contributed by atoms with Crippen molar-refractivity contribution in [2.75, 3.05) is 11.9 Å². The number of nitrogens with one attached hydrogen (secondary N) is 1. The smallest absolute Gasteiger partial charge is 0.275 e. The topological polar surface area (TPSA) is 68.1 Å². The van der Waals surface area contributed by atoms with Gasteiger partial charge in [-0.3, -0.25) is 10.1 Å². The highest BCUT2D eigenvalue weighted by atomic mass is 19.1. The third-order valence-corrected chi connectivity index (χ3v) is 2.85. The van der Waals surface area contributed by atoms with Crippen molar-refractivity contribution in [1.29, 1.82) is 0 Å². The van der Waals surface area contributed by atoms with Gasteiger partial charge in [0.2, 0.25) is 0 Å². The van der Waals surface area contributed by atoms with E-state index in [0.29, 0.717) is 23.6 Å². The monoisotopic (exact) mass is 275 g/mol. The number of rotatable bonds is 4. The molecule has 0 amide bonds. The molecule has 0 saturated heterocycles. The average molecular weight is 275 g/mol. The van der Waals surface area contributed by atoms with Crippen LogP contribution in [0.5, 0.6) is 0 Å². The van der Waals surface area contributed by atoms with Gasteiger partial charge in [0.05, 0.1) is 16.7 Å². The molecule has 20 heavy (non-hydrogen) atoms. The molecule has 0 radical (unpaired) electrons. The second-order valence-electron chi connectivity index (χ2n) is 4.34. The lowest BCUT2D eigenvalue weighted by Gasteiger charge is -2.08. The van der Waals surface area contributed by atoms with Crippen molar-refractivity contribution < 1.29 is 9.31 Å². The van der Waals surface area contributed by atoms with Gasteiger partial charge in [-0.25, -0.2) is 9.37 Å². The van der Waals surface area contributed by atoms with Crippen LogP contribution in [-0.4, -0.2) is 16.5 Å². The van der Waals surface area contributed by atoms with Crippen LogP contribution in [0.2, 0.25) is 0 Å². The molecule has 0 bridgehead atoms. The van der Waals surface area contributed by atoms with Gasteiger partial charge in [0.1, 0.15) is 11.6 Å². The molecule has 1 aromatic carbocycles. The van der Waals surface area contributed by atoms with Gasteiger partial charge in [0, 0.05) is 18.2 Å². The van der Waals surface area contributed by atoms with Crippen LogP contribution in [0.4, 0.5) is 15.9 Å². The highest BCUT2D eigenvalue weighted by molar-refractivity contribution is 5.68. The lowest BCUT2D eigenvalue weighted by molar-refractivity contribution is -0.384. The Morgan fingerprint density at radius 2 is 2.10 bits per heavy atom. The number of nitro groups is 1. The summed E-state index contributed by atoms with van der Waals surface area (Å²) in [7, 11) is 0. The van der Waals surface area contributed by atoms with Crippen LogP contribution >= 0.6 is 0 Å². The van der Waals surface area contributed by atoms with E-state index in [1.54, 1.807) is 6.07 Å². The molecule has 0 atom stereocenters. The molecule has 0 aliphatic carbocycles. The minimum absolute atomic E-state index is 0.0744. The SMILES string of the molecule is CCNc1cc([N+](=O)[O-])cc(-c2cc(F)ccc2C)n1. The molecule has 5 nitrogen and oxygen atoms in total. The molecule has 0 saturated carbocycles. The van der Waals surface area contributed by atoms with E-state index in [2.05, 4.69) is 10.3 Å². The van der Waals surface area contributed by atoms with E-state index in [1.165, 1.54) is 24.3 Å². The highest BCUT2D eigenvalue weighted by Gasteiger charge is 2.14. The summed E-state index contributed by atoms with van der Waals surface area (Å²) in [5.41, 5.74) is 1.66. The fraction of sp³-hybridized carbons (Fsp3) is 0.214. The summed E-state index contributed by atoms with van der Waals surface area (Å²) in [6.07, 6.45) is 0. The molecule has 0 aliphatic heterocycles. The Kier molecular flexibility index (Phi) is 3.93. The maximum atomic E-state index is 13.4. The Morgan fingerprint density at radius 3 is 2.75 bits per heavy atom. The Morgan fingerprint density at radius 1 is 1.35 bits per heavy atom. The molecule has 0 unspecified atom stereocenters. The van der Waals surface area contributed by atoms with Crippen molar-refractivity contribution in [2.24, 2.45) is 0 Å². The zero-order valence-corrected chi connectivity index (χ0v) is 11.2. The van der Waals surface area contributed by atoms with E-state index >= 15 is 0 Å². The van der Waals surface area contributed by atoms with E-state index in [4.69, 9.17) is 0 Å². The van der Waals surface area contributed by atoms with Crippen molar-refractivity contribution in [2.45, 2.75) is 13.8 Å². The molecular weight excluding hydrogens is 261 g/mol. The number of halogens is 1. The maximum absolute atomic E-state index is 13.4. The predicted octanol–water partition coefficient (Wildman–Crippen LogP) is 3.54. The van der Waals surface area contributed by atoms with Crippen LogP contribution < -0.4 is 5.32 Å². The summed E-state index contributed by atoms with van der Waals surface area (Å²) in [6.45, 7) is 4.27. The number of aromatic nitrogens is 1. The van der Waals surface area contributed by atoms with Gasteiger partial charge in [-0.15, -0.1) is 0 Å². The van der Waals surface area contributed by atoms with Gasteiger partial charge >= 0.3 is 0 Å². The third kappa shape index (κ3) is 2.90. The number of aryl methyl sites for hydroxylation is 1. The van der Waals surface area contributed by atoms with Crippen LogP contribution in [0.15, 0.2) is 30.3 Å². The number of pyridine rings is 1. The number of nitrogens with zero attached hydrogens (tertiary/aromatic N) is 2. The first kappa shape index (κ1) is 13.9. The summed E-state index contributed by atoms with van der Waals surface area (Å²) in [5.74, 6) is 0.00395. The molecule has 1 N–H and O–H groups in total. The van der Waals surface area contributed by atoms with E-state index in [9.17, 15) is 14.5 Å². The Hall–Kier alpha value is -2.50. The van der Waals surface area contributed by atoms with E-state index < -0.39 is 10.7 Å². The van der Waals surface area contributed by atoms with Gasteiger partial charge < -0.3 is 5.32 Å². The molecular formula is C14H14FN3O2. The second-order valence-corrected chi connectivity index (χ2v) is 4.34. The van der Waals surface area contributed by atoms with E-state index in [1.807, 2.05) is 13.8 Å². The van der Waals surface area contributed by atoms with Gasteiger partial charge in [-0.2, -0.15) is 0 Å². The van der Waals surface area contributed by atoms with Crippen LogP contribution in [0, 0.1) is 22.9 Å². The molecule has 2 aromatic rings. The average Bonchev–Trinajstić information content (AvgIpc) is 2.41. The molecule has 0 aliphatic rings. The molecule has 104 valence electrons. The number of hydrogen-bond donors (Lipinski definition) is 1. The van der Waals surface area contributed by atoms with Crippen molar-refractivity contribution >= 4 is 11.5 Å². The van der Waals surface area contributed by atoms with Gasteiger partial charge in [0.15, 0.2) is 0 Å². The van der Waals surface area contributed by atoms with Gasteiger partial charge in [0.25, 0.3) is 5.69 Å². The lowest BCUT2D eigenvalue weighted by Crippen LogP contribution is -2.02. The third-order valence-electron chi connectivity index (χ3n) is 2.85. The summed E-state index contributed by atoms with van der Waals surface area (Å²) >= 11 is 0. The summed E-state index contributed by atoms with van der Waals surface area (Å²) in [6, 6.07) is 7.01. The van der Waals surface area contributed by atoms with Crippen molar-refractivity contribution in [3.63, 3.8) is 0 Å². The normalized spacial score (nSPS) is 10.3. The Balaban J connectivity index is 2.60. The number of anilines is 1. The van der Waals surface area contributed by atoms with E-state index in [-0.39, 0.29) is 5.69 Å². The quantitative estimate of drug-likeness (QED) is 0.684. The predicted molar refractivity (Wildman–Crippen MR) is 75.2 cm³/mol. The standard InChI is InChI=1S/C14H14FN3O2/c1-3-16-14-8-11(18(19)20)7-13(17-14)12-6-10(15)5-4-9(12)2/h4-8H,3H2,1-2H3,(H,16,17). The molecule has 1 aromatic heterocycles. The van der Waals surface area contributed by atoms with Crippen LogP contribution in [-0.2, 0) is 0 Å². The number of benzene rings is 1. The number of hydrogen-bond acceptors (Lipinski definition) is 4. The minimum Gasteiger partial charge on any atom is -0.370 e. The van der Waals surface area contributed by atoms with E-state index in [0.717, 1.165) is 5.56 Å². The Labute approximate surface area is 115 Å². The first-order valence-electron chi connectivity index (χ1n) is 6.18. The summed E-state index contributed by atoms with van der Waals surface area (Å²) < 4.78 is 13.4. The largest absolute Gasteiger partial charge is 0.370 e. The van der Waals surface area contributed by atoms with Crippen molar-refractivity contribution in [3.8, 4) is 11.3 Å². The minimum atomic E-state index is -0.485. The Bertz CT molecular complexity index is 659. The zero-order valence-electron chi connectivity index (χ0n) is 11.2. The van der Waals surface area contributed by atoms with Crippen molar-refractivity contribution in [3.05, 3.63) is 51.8 Å². The molecule has 0 fully saturated rings. The first-order chi connectivity index (χ1) is 9.51. The van der Waals surface area contributed by atoms with Crippen LogP contribution in [0.1, 0.15) is 12.5 Å². The van der Waals surface area contributed by atoms with Gasteiger partial charge in [-0.05, 0) is 31.5 Å². The van der Waals surface area contributed by atoms with Crippen LogP contribution in [0.25, 0.3) is 11.3 Å². The van der Waals surface area contributed by atoms with Crippen LogP contribution in [0.3, 0.4) is 0 Å². The second kappa shape index (κ2) is 5.64. The highest BCUT2D eigenvalue weighted by Crippen LogP contribution is 2.28. The summed E-state index contributed by atoms with van der Waals surface area (Å²) in [5, 5.41) is 13.9. The first-order valence-corrected chi connectivity index (χ1v) is 6.18. The molecule has 6 heteroatoms. The van der Waals surface area contributed by atoms with Gasteiger partial charge in [-0.1, -0.05) is 6.07 Å². The molecule has 2 rings (SSSR count). The fourth-order valence-corrected chi connectivity index (χ4v) is 1.90. The molecule has 0 spiro atoms. The maximum Gasteiger partial charge on any atom is 0.275 e.